The van der Waals surface area contributed by atoms with Crippen molar-refractivity contribution in [3.8, 4) is 0 Å². The monoisotopic (exact) mass is 657 g/mol. The van der Waals surface area contributed by atoms with Gasteiger partial charge in [-0.15, -0.1) is 0 Å². The van der Waals surface area contributed by atoms with Crippen LogP contribution in [0.3, 0.4) is 0 Å². The maximum absolute atomic E-state index is 13.7. The van der Waals surface area contributed by atoms with E-state index in [0.29, 0.717) is 16.7 Å². The third kappa shape index (κ3) is 4.96. The van der Waals surface area contributed by atoms with Gasteiger partial charge in [0.15, 0.2) is 0 Å². The van der Waals surface area contributed by atoms with Crippen LogP contribution < -0.4 is 4.90 Å². The van der Waals surface area contributed by atoms with Crippen LogP contribution in [0.1, 0.15) is 102 Å². The molecular weight excluding hydrogens is 617 g/mol. The fourth-order valence-corrected chi connectivity index (χ4v) is 8.88. The molecule has 2 heterocycles. The topological polar surface area (TPSA) is 37.4 Å². The summed E-state index contributed by atoms with van der Waals surface area (Å²) in [5.41, 5.74) is 11.0. The van der Waals surface area contributed by atoms with Crippen molar-refractivity contribution in [2.45, 2.75) is 71.6 Å². The van der Waals surface area contributed by atoms with Crippen LogP contribution in [0, 0.1) is 0 Å². The van der Waals surface area contributed by atoms with Crippen molar-refractivity contribution in [1.29, 1.82) is 0 Å². The number of fused-ring (bicyclic) bond motifs is 4. The molecule has 2 aliphatic rings. The van der Waals surface area contributed by atoms with Crippen LogP contribution >= 0.6 is 0 Å². The first-order valence-corrected chi connectivity index (χ1v) is 18.1. The summed E-state index contributed by atoms with van der Waals surface area (Å²) in [6, 6.07) is 28.2. The van der Waals surface area contributed by atoms with Crippen molar-refractivity contribution in [3.05, 3.63) is 128 Å². The number of anilines is 3. The fourth-order valence-electron chi connectivity index (χ4n) is 7.18. The average molecular weight is 657 g/mol. The molecule has 45 heavy (non-hydrogen) atoms. The predicted octanol–water partition coefficient (Wildman–Crippen LogP) is 10.2. The zero-order chi connectivity index (χ0) is 31.3. The van der Waals surface area contributed by atoms with E-state index in [1.165, 1.54) is 43.6 Å². The summed E-state index contributed by atoms with van der Waals surface area (Å²) < 4.78 is 1.18. The molecule has 0 unspecified atom stereocenters. The molecule has 1 aromatic heterocycles. The Hall–Kier alpha value is -3.98. The van der Waals surface area contributed by atoms with E-state index in [-0.39, 0.29) is 31.5 Å². The zero-order valence-electron chi connectivity index (χ0n) is 26.6. The molecule has 0 N–H and O–H groups in total. The number of aryl methyl sites for hydroxylation is 2. The number of hydrogen-bond donors (Lipinski definition) is 0. The SMILES string of the molecule is CCCCc1cc(N2c3ccccc3C(C)(C)c3ccccc32)c(CCCC)cc1/C=C1/C(=O)c2cc3cc[se]c3cc2C1=O. The van der Waals surface area contributed by atoms with Crippen molar-refractivity contribution in [2.24, 2.45) is 0 Å². The van der Waals surface area contributed by atoms with Crippen LogP contribution in [-0.2, 0) is 18.3 Å². The first kappa shape index (κ1) is 29.7. The third-order valence-electron chi connectivity index (χ3n) is 9.69. The number of rotatable bonds is 8. The van der Waals surface area contributed by atoms with Gasteiger partial charge in [0, 0.05) is 5.41 Å². The number of para-hydroxylation sites is 2. The van der Waals surface area contributed by atoms with Crippen LogP contribution in [0.4, 0.5) is 17.1 Å². The summed E-state index contributed by atoms with van der Waals surface area (Å²) in [7, 11) is 0. The number of carbonyl (C=O) groups is 2. The Morgan fingerprint density at radius 2 is 1.31 bits per heavy atom. The first-order chi connectivity index (χ1) is 21.8. The Balaban J connectivity index is 1.42. The molecule has 0 radical (unpaired) electrons. The van der Waals surface area contributed by atoms with E-state index in [2.05, 4.69) is 104 Å². The minimum atomic E-state index is -0.146. The Kier molecular flexibility index (Phi) is 7.76. The van der Waals surface area contributed by atoms with Gasteiger partial charge in [-0.25, -0.2) is 0 Å². The summed E-state index contributed by atoms with van der Waals surface area (Å²) in [5.74, 6) is -0.283. The van der Waals surface area contributed by atoms with Gasteiger partial charge in [0.2, 0.25) is 0 Å². The summed E-state index contributed by atoms with van der Waals surface area (Å²) >= 11 is 0.221. The number of unbranched alkanes of at least 4 members (excludes halogenated alkanes) is 2. The van der Waals surface area contributed by atoms with E-state index in [1.807, 2.05) is 18.2 Å². The minimum absolute atomic E-state index is 0.127. The molecule has 3 nitrogen and oxygen atoms in total. The molecular formula is C41H39NO2Se. The van der Waals surface area contributed by atoms with Crippen molar-refractivity contribution in [1.82, 2.24) is 0 Å². The van der Waals surface area contributed by atoms with Gasteiger partial charge in [-0.05, 0) is 23.3 Å². The summed E-state index contributed by atoms with van der Waals surface area (Å²) in [5, 5.41) is 1.08. The molecule has 226 valence electrons. The van der Waals surface area contributed by atoms with E-state index in [1.54, 1.807) is 0 Å². The fraction of sp³-hybridized carbons (Fsp3) is 0.268. The summed E-state index contributed by atoms with van der Waals surface area (Å²) in [4.78, 5) is 32.1. The molecule has 0 saturated heterocycles. The molecule has 0 spiro atoms. The van der Waals surface area contributed by atoms with Gasteiger partial charge in [0.1, 0.15) is 0 Å². The molecule has 5 aromatic rings. The second-order valence-electron chi connectivity index (χ2n) is 13.0. The predicted molar refractivity (Wildman–Crippen MR) is 188 cm³/mol. The number of benzene rings is 4. The van der Waals surface area contributed by atoms with Gasteiger partial charge in [-0.1, -0.05) is 57.2 Å². The molecule has 0 atom stereocenters. The van der Waals surface area contributed by atoms with Crippen LogP contribution in [0.5, 0.6) is 0 Å². The van der Waals surface area contributed by atoms with Crippen molar-refractivity contribution < 1.29 is 9.59 Å². The van der Waals surface area contributed by atoms with Gasteiger partial charge in [-0.3, -0.25) is 0 Å². The summed E-state index contributed by atoms with van der Waals surface area (Å²) in [6.45, 7) is 9.08. The Morgan fingerprint density at radius 1 is 0.711 bits per heavy atom. The number of allylic oxidation sites excluding steroid dienone is 1. The van der Waals surface area contributed by atoms with Gasteiger partial charge in [0.05, 0.1) is 0 Å². The van der Waals surface area contributed by atoms with Crippen molar-refractivity contribution in [3.63, 3.8) is 0 Å². The molecule has 0 saturated carbocycles. The zero-order valence-corrected chi connectivity index (χ0v) is 28.3. The summed E-state index contributed by atoms with van der Waals surface area (Å²) in [6.07, 6.45) is 7.95. The molecule has 0 bridgehead atoms. The molecule has 4 aromatic carbocycles. The van der Waals surface area contributed by atoms with Gasteiger partial charge in [0.25, 0.3) is 0 Å². The standard InChI is InChI=1S/C41H39NO2Se/c1-5-7-13-26-24-37(42-35-17-11-9-15-33(35)41(3,4)34-16-10-12-18-36(34)42)27(14-8-6-2)21-29(26)23-32-39(43)30-22-28-19-20-45-38(28)25-31(30)40(32)44/h9-12,15-25H,5-8,13-14H2,1-4H3/b32-23-. The van der Waals surface area contributed by atoms with Crippen LogP contribution in [0.15, 0.2) is 89.4 Å². The normalized spacial score (nSPS) is 15.9. The number of ketones is 2. The second-order valence-corrected chi connectivity index (χ2v) is 14.9. The molecule has 7 rings (SSSR count). The van der Waals surface area contributed by atoms with E-state index in [9.17, 15) is 9.59 Å². The van der Waals surface area contributed by atoms with E-state index >= 15 is 0 Å². The van der Waals surface area contributed by atoms with Crippen LogP contribution in [0.2, 0.25) is 0 Å². The molecule has 1 aliphatic carbocycles. The van der Waals surface area contributed by atoms with Gasteiger partial charge in [-0.2, -0.15) is 0 Å². The first-order valence-electron chi connectivity index (χ1n) is 16.3. The number of carbonyl (C=O) groups excluding carboxylic acids is 2. The molecule has 4 heteroatoms. The Labute approximate surface area is 272 Å². The van der Waals surface area contributed by atoms with Gasteiger partial charge >= 0.3 is 187 Å². The molecule has 1 aliphatic heterocycles. The van der Waals surface area contributed by atoms with Crippen LogP contribution in [-0.4, -0.2) is 26.1 Å². The van der Waals surface area contributed by atoms with E-state index < -0.39 is 0 Å². The Bertz CT molecular complexity index is 1910. The number of hydrogen-bond acceptors (Lipinski definition) is 3. The maximum atomic E-state index is 13.7. The van der Waals surface area contributed by atoms with Crippen LogP contribution in [0.25, 0.3) is 15.7 Å². The third-order valence-corrected chi connectivity index (χ3v) is 11.5. The number of Topliss-reactive ketones (excluding diaryl/α,β-unsaturated/α-hetero) is 2. The quantitative estimate of drug-likeness (QED) is 0.0948. The van der Waals surface area contributed by atoms with Gasteiger partial charge < -0.3 is 0 Å². The average Bonchev–Trinajstić information content (AvgIpc) is 3.61. The van der Waals surface area contributed by atoms with Crippen molar-refractivity contribution in [2.75, 3.05) is 4.90 Å². The number of nitrogens with zero attached hydrogens (tertiary/aromatic N) is 1. The van der Waals surface area contributed by atoms with Crippen molar-refractivity contribution >= 4 is 58.9 Å². The van der Waals surface area contributed by atoms with E-state index in [0.717, 1.165) is 49.5 Å². The second kappa shape index (κ2) is 11.7. The molecule has 0 amide bonds. The Morgan fingerprint density at radius 3 is 1.96 bits per heavy atom. The van der Waals surface area contributed by atoms with E-state index in [4.69, 9.17) is 0 Å². The molecule has 0 fully saturated rings.